The van der Waals surface area contributed by atoms with Gasteiger partial charge in [-0.2, -0.15) is 0 Å². The van der Waals surface area contributed by atoms with Crippen LogP contribution < -0.4 is 0 Å². The molecular weight excluding hydrogens is 312 g/mol. The SMILES string of the molecule is CCN(C(=O)c1ccnc(C)n1)C1CCN(C(C)c2ccccc2)C1. The molecule has 0 spiro atoms. The van der Waals surface area contributed by atoms with Crippen molar-refractivity contribution < 1.29 is 4.79 Å². The lowest BCUT2D eigenvalue weighted by Gasteiger charge is -2.29. The van der Waals surface area contributed by atoms with Crippen LogP contribution in [-0.2, 0) is 0 Å². The first-order valence-corrected chi connectivity index (χ1v) is 8.99. The van der Waals surface area contributed by atoms with Gasteiger partial charge in [0.05, 0.1) is 0 Å². The van der Waals surface area contributed by atoms with Crippen molar-refractivity contribution in [2.24, 2.45) is 0 Å². The predicted molar refractivity (Wildman–Crippen MR) is 98.3 cm³/mol. The van der Waals surface area contributed by atoms with Crippen molar-refractivity contribution in [2.45, 2.75) is 39.3 Å². The zero-order valence-corrected chi connectivity index (χ0v) is 15.2. The van der Waals surface area contributed by atoms with Gasteiger partial charge in [-0.05, 0) is 38.8 Å². The quantitative estimate of drug-likeness (QED) is 0.841. The van der Waals surface area contributed by atoms with Gasteiger partial charge in [-0.3, -0.25) is 9.69 Å². The van der Waals surface area contributed by atoms with Gasteiger partial charge in [-0.25, -0.2) is 9.97 Å². The zero-order chi connectivity index (χ0) is 17.8. The van der Waals surface area contributed by atoms with Gasteiger partial charge in [0, 0.05) is 37.9 Å². The summed E-state index contributed by atoms with van der Waals surface area (Å²) in [6.07, 6.45) is 2.66. The van der Waals surface area contributed by atoms with Crippen molar-refractivity contribution >= 4 is 5.91 Å². The van der Waals surface area contributed by atoms with Crippen LogP contribution >= 0.6 is 0 Å². The van der Waals surface area contributed by atoms with Crippen LogP contribution in [-0.4, -0.2) is 51.4 Å². The summed E-state index contributed by atoms with van der Waals surface area (Å²) in [5.74, 6) is 0.639. The summed E-state index contributed by atoms with van der Waals surface area (Å²) >= 11 is 0. The van der Waals surface area contributed by atoms with Crippen molar-refractivity contribution in [3.05, 3.63) is 59.7 Å². The molecule has 0 saturated carbocycles. The second kappa shape index (κ2) is 7.74. The lowest BCUT2D eigenvalue weighted by atomic mass is 10.1. The summed E-state index contributed by atoms with van der Waals surface area (Å²) in [4.78, 5) is 25.7. The standard InChI is InChI=1S/C20H26N4O/c1-4-24(20(25)19-10-12-21-16(3)22-19)18-11-13-23(14-18)15(2)17-8-6-5-7-9-17/h5-10,12,15,18H,4,11,13-14H2,1-3H3. The van der Waals surface area contributed by atoms with Crippen LogP contribution in [0.5, 0.6) is 0 Å². The number of amides is 1. The van der Waals surface area contributed by atoms with E-state index in [1.807, 2.05) is 24.8 Å². The van der Waals surface area contributed by atoms with E-state index in [-0.39, 0.29) is 11.9 Å². The van der Waals surface area contributed by atoms with Crippen LogP contribution in [0.2, 0.25) is 0 Å². The fraction of sp³-hybridized carbons (Fsp3) is 0.450. The van der Waals surface area contributed by atoms with E-state index in [9.17, 15) is 4.79 Å². The third-order valence-corrected chi connectivity index (χ3v) is 5.06. The van der Waals surface area contributed by atoms with E-state index in [2.05, 4.69) is 46.1 Å². The van der Waals surface area contributed by atoms with Gasteiger partial charge in [0.2, 0.25) is 0 Å². The second-order valence-corrected chi connectivity index (χ2v) is 6.60. The average molecular weight is 338 g/mol. The van der Waals surface area contributed by atoms with Gasteiger partial charge in [-0.1, -0.05) is 30.3 Å². The van der Waals surface area contributed by atoms with Crippen molar-refractivity contribution in [1.29, 1.82) is 0 Å². The Hall–Kier alpha value is -2.27. The number of aryl methyl sites for hydroxylation is 1. The van der Waals surface area contributed by atoms with Crippen LogP contribution in [0.3, 0.4) is 0 Å². The maximum absolute atomic E-state index is 12.9. The molecule has 1 aliphatic heterocycles. The summed E-state index contributed by atoms with van der Waals surface area (Å²) < 4.78 is 0. The van der Waals surface area contributed by atoms with Crippen LogP contribution in [0.15, 0.2) is 42.6 Å². The van der Waals surface area contributed by atoms with Crippen molar-refractivity contribution in [3.63, 3.8) is 0 Å². The summed E-state index contributed by atoms with van der Waals surface area (Å²) in [5.41, 5.74) is 1.81. The van der Waals surface area contributed by atoms with E-state index in [1.54, 1.807) is 12.3 Å². The minimum atomic E-state index is 0.00668. The third kappa shape index (κ3) is 3.87. The highest BCUT2D eigenvalue weighted by molar-refractivity contribution is 5.92. The summed E-state index contributed by atoms with van der Waals surface area (Å²) in [5, 5.41) is 0. The first kappa shape index (κ1) is 17.5. The van der Waals surface area contributed by atoms with Gasteiger partial charge in [0.15, 0.2) is 0 Å². The van der Waals surface area contributed by atoms with Crippen molar-refractivity contribution in [1.82, 2.24) is 19.8 Å². The van der Waals surface area contributed by atoms with Gasteiger partial charge in [-0.15, -0.1) is 0 Å². The number of nitrogens with zero attached hydrogens (tertiary/aromatic N) is 4. The monoisotopic (exact) mass is 338 g/mol. The number of likely N-dealkylation sites (tertiary alicyclic amines) is 1. The number of hydrogen-bond donors (Lipinski definition) is 0. The van der Waals surface area contributed by atoms with E-state index < -0.39 is 0 Å². The molecule has 1 fully saturated rings. The highest BCUT2D eigenvalue weighted by atomic mass is 16.2. The minimum Gasteiger partial charge on any atom is -0.333 e. The average Bonchev–Trinajstić information content (AvgIpc) is 3.12. The first-order chi connectivity index (χ1) is 12.1. The lowest BCUT2D eigenvalue weighted by Crippen LogP contribution is -2.42. The lowest BCUT2D eigenvalue weighted by molar-refractivity contribution is 0.0683. The molecule has 2 aromatic rings. The van der Waals surface area contributed by atoms with Crippen molar-refractivity contribution in [3.8, 4) is 0 Å². The predicted octanol–water partition coefficient (Wildman–Crippen LogP) is 3.08. The molecule has 5 nitrogen and oxygen atoms in total. The first-order valence-electron chi connectivity index (χ1n) is 8.99. The topological polar surface area (TPSA) is 49.3 Å². The Kier molecular flexibility index (Phi) is 5.43. The molecule has 2 heterocycles. The van der Waals surface area contributed by atoms with Gasteiger partial charge >= 0.3 is 0 Å². The van der Waals surface area contributed by atoms with E-state index in [4.69, 9.17) is 0 Å². The Morgan fingerprint density at radius 3 is 2.76 bits per heavy atom. The molecule has 1 aromatic carbocycles. The molecule has 0 bridgehead atoms. The molecule has 1 amide bonds. The molecule has 1 aliphatic rings. The Morgan fingerprint density at radius 2 is 2.08 bits per heavy atom. The second-order valence-electron chi connectivity index (χ2n) is 6.60. The maximum Gasteiger partial charge on any atom is 0.272 e. The molecule has 1 saturated heterocycles. The molecule has 1 aromatic heterocycles. The van der Waals surface area contributed by atoms with E-state index in [0.717, 1.165) is 19.5 Å². The number of benzene rings is 1. The van der Waals surface area contributed by atoms with Gasteiger partial charge < -0.3 is 4.90 Å². The Morgan fingerprint density at radius 1 is 1.32 bits per heavy atom. The number of carbonyl (C=O) groups is 1. The molecule has 2 atom stereocenters. The molecule has 25 heavy (non-hydrogen) atoms. The molecule has 3 rings (SSSR count). The summed E-state index contributed by atoms with van der Waals surface area (Å²) in [6, 6.07) is 12.9. The van der Waals surface area contributed by atoms with Gasteiger partial charge in [0.25, 0.3) is 5.91 Å². The smallest absolute Gasteiger partial charge is 0.272 e. The zero-order valence-electron chi connectivity index (χ0n) is 15.2. The number of carbonyl (C=O) groups excluding carboxylic acids is 1. The number of rotatable bonds is 5. The molecule has 2 unspecified atom stereocenters. The Balaban J connectivity index is 1.70. The largest absolute Gasteiger partial charge is 0.333 e. The summed E-state index contributed by atoms with van der Waals surface area (Å²) in [6.45, 7) is 8.69. The number of hydrogen-bond acceptors (Lipinski definition) is 4. The highest BCUT2D eigenvalue weighted by Gasteiger charge is 2.33. The fourth-order valence-electron chi connectivity index (χ4n) is 3.61. The number of aromatic nitrogens is 2. The van der Waals surface area contributed by atoms with Crippen LogP contribution in [0.4, 0.5) is 0 Å². The molecule has 0 aliphatic carbocycles. The molecule has 0 radical (unpaired) electrons. The highest BCUT2D eigenvalue weighted by Crippen LogP contribution is 2.27. The Labute approximate surface area is 149 Å². The fourth-order valence-corrected chi connectivity index (χ4v) is 3.61. The van der Waals surface area contributed by atoms with E-state index in [1.165, 1.54) is 5.56 Å². The molecule has 5 heteroatoms. The maximum atomic E-state index is 12.9. The van der Waals surface area contributed by atoms with Gasteiger partial charge in [0.1, 0.15) is 11.5 Å². The minimum absolute atomic E-state index is 0.00668. The number of likely N-dealkylation sites (N-methyl/N-ethyl adjacent to an activating group) is 1. The Bertz CT molecular complexity index is 719. The molecule has 0 N–H and O–H groups in total. The molecule has 132 valence electrons. The third-order valence-electron chi connectivity index (χ3n) is 5.06. The van der Waals surface area contributed by atoms with Crippen LogP contribution in [0.1, 0.15) is 48.2 Å². The van der Waals surface area contributed by atoms with Crippen molar-refractivity contribution in [2.75, 3.05) is 19.6 Å². The van der Waals surface area contributed by atoms with Crippen LogP contribution in [0.25, 0.3) is 0 Å². The van der Waals surface area contributed by atoms with E-state index >= 15 is 0 Å². The van der Waals surface area contributed by atoms with Crippen LogP contribution in [0, 0.1) is 6.92 Å². The molecular formula is C20H26N4O. The normalized spacial score (nSPS) is 18.9. The van der Waals surface area contributed by atoms with E-state index in [0.29, 0.717) is 24.1 Å². The summed E-state index contributed by atoms with van der Waals surface area (Å²) in [7, 11) is 0.